The van der Waals surface area contributed by atoms with Crippen molar-refractivity contribution in [1.29, 1.82) is 0 Å². The molecule has 2 aliphatic heterocycles. The molecule has 0 N–H and O–H groups in total. The van der Waals surface area contributed by atoms with E-state index in [0.29, 0.717) is 41.9 Å². The molecule has 0 spiro atoms. The van der Waals surface area contributed by atoms with Crippen molar-refractivity contribution in [1.82, 2.24) is 14.9 Å². The molecule has 3 amide bonds. The van der Waals surface area contributed by atoms with Gasteiger partial charge in [-0.25, -0.2) is 19.6 Å². The summed E-state index contributed by atoms with van der Waals surface area (Å²) in [5.41, 5.74) is 1.80. The zero-order chi connectivity index (χ0) is 32.2. The van der Waals surface area contributed by atoms with E-state index >= 15 is 0 Å². The number of ether oxygens (including phenoxy) is 3. The van der Waals surface area contributed by atoms with Gasteiger partial charge in [-0.05, 0) is 121 Å². The van der Waals surface area contributed by atoms with E-state index in [1.807, 2.05) is 52.0 Å². The van der Waals surface area contributed by atoms with Crippen molar-refractivity contribution in [3.05, 3.63) is 63.7 Å². The summed E-state index contributed by atoms with van der Waals surface area (Å²) in [6.07, 6.45) is 3.00. The minimum Gasteiger partial charge on any atom is -0.494 e. The summed E-state index contributed by atoms with van der Waals surface area (Å²) in [4.78, 5) is 41.1. The molecule has 2 aromatic rings. The van der Waals surface area contributed by atoms with E-state index in [4.69, 9.17) is 25.8 Å². The standard InChI is InChI=1S/C34H46ClN3O6/c1-23-19-28(42-18-8-9-24-14-16-36(17-15-24)31(40)43-33(2,3)4)20-26-22-37(30(39)29(23)26)38(32(41)44-34(5,6)7)21-25-10-12-27(35)13-11-25/h10-13,19-20,24H,8-9,14-18,21-22H2,1-7H3. The van der Waals surface area contributed by atoms with Gasteiger partial charge in [0.15, 0.2) is 0 Å². The molecule has 0 aromatic heterocycles. The maximum Gasteiger partial charge on any atom is 0.429 e. The van der Waals surface area contributed by atoms with Gasteiger partial charge in [0.2, 0.25) is 0 Å². The number of fused-ring (bicyclic) bond motifs is 1. The molecule has 0 bridgehead atoms. The molecular weight excluding hydrogens is 582 g/mol. The zero-order valence-corrected chi connectivity index (χ0v) is 27.8. The highest BCUT2D eigenvalue weighted by atomic mass is 35.5. The Morgan fingerprint density at radius 3 is 2.23 bits per heavy atom. The van der Waals surface area contributed by atoms with Crippen molar-refractivity contribution in [3.8, 4) is 5.75 Å². The lowest BCUT2D eigenvalue weighted by atomic mass is 9.92. The van der Waals surface area contributed by atoms with Crippen LogP contribution in [0.25, 0.3) is 0 Å². The molecule has 0 saturated carbocycles. The maximum absolute atomic E-state index is 13.6. The van der Waals surface area contributed by atoms with Gasteiger partial charge in [-0.3, -0.25) is 4.79 Å². The molecule has 1 fully saturated rings. The molecule has 1 saturated heterocycles. The number of hydrazine groups is 1. The van der Waals surface area contributed by atoms with Crippen LogP contribution in [0.2, 0.25) is 5.02 Å². The lowest BCUT2D eigenvalue weighted by Crippen LogP contribution is -2.48. The van der Waals surface area contributed by atoms with Crippen LogP contribution in [0, 0.1) is 12.8 Å². The number of hydrogen-bond acceptors (Lipinski definition) is 6. The zero-order valence-electron chi connectivity index (χ0n) is 27.1. The van der Waals surface area contributed by atoms with Crippen LogP contribution in [0.15, 0.2) is 36.4 Å². The van der Waals surface area contributed by atoms with E-state index in [1.54, 1.807) is 37.8 Å². The molecule has 0 unspecified atom stereocenters. The van der Waals surface area contributed by atoms with Gasteiger partial charge in [0, 0.05) is 23.7 Å². The molecular formula is C34H46ClN3O6. The Kier molecular flexibility index (Phi) is 10.4. The van der Waals surface area contributed by atoms with Crippen LogP contribution in [0.5, 0.6) is 5.75 Å². The average Bonchev–Trinajstić information content (AvgIpc) is 3.25. The molecule has 44 heavy (non-hydrogen) atoms. The smallest absolute Gasteiger partial charge is 0.429 e. The largest absolute Gasteiger partial charge is 0.494 e. The quantitative estimate of drug-likeness (QED) is 0.278. The number of hydrogen-bond donors (Lipinski definition) is 0. The van der Waals surface area contributed by atoms with Crippen LogP contribution in [-0.4, -0.2) is 63.9 Å². The Morgan fingerprint density at radius 2 is 1.61 bits per heavy atom. The third-order valence-electron chi connectivity index (χ3n) is 7.59. The highest BCUT2D eigenvalue weighted by molar-refractivity contribution is 6.30. The summed E-state index contributed by atoms with van der Waals surface area (Å²) in [6, 6.07) is 11.0. The first kappa shape index (κ1) is 33.4. The monoisotopic (exact) mass is 627 g/mol. The van der Waals surface area contributed by atoms with Gasteiger partial charge in [-0.2, -0.15) is 0 Å². The van der Waals surface area contributed by atoms with Crippen molar-refractivity contribution in [2.24, 2.45) is 5.92 Å². The second-order valence-corrected chi connectivity index (χ2v) is 14.1. The van der Waals surface area contributed by atoms with Crippen molar-refractivity contribution in [2.75, 3.05) is 19.7 Å². The van der Waals surface area contributed by atoms with Crippen molar-refractivity contribution in [3.63, 3.8) is 0 Å². The number of piperidine rings is 1. The summed E-state index contributed by atoms with van der Waals surface area (Å²) < 4.78 is 17.3. The fourth-order valence-corrected chi connectivity index (χ4v) is 5.64. The molecule has 4 rings (SSSR count). The first-order valence-electron chi connectivity index (χ1n) is 15.4. The van der Waals surface area contributed by atoms with E-state index in [0.717, 1.165) is 42.4 Å². The highest BCUT2D eigenvalue weighted by Crippen LogP contribution is 2.33. The third kappa shape index (κ3) is 9.03. The number of carbonyl (C=O) groups is 3. The van der Waals surface area contributed by atoms with Crippen LogP contribution in [0.1, 0.15) is 94.3 Å². The number of aryl methyl sites for hydroxylation is 1. The number of halogens is 1. The van der Waals surface area contributed by atoms with Gasteiger partial charge in [-0.15, -0.1) is 0 Å². The number of benzene rings is 2. The van der Waals surface area contributed by atoms with Crippen LogP contribution in [0.4, 0.5) is 9.59 Å². The summed E-state index contributed by atoms with van der Waals surface area (Å²) in [5, 5.41) is 3.41. The molecule has 2 heterocycles. The van der Waals surface area contributed by atoms with Gasteiger partial charge in [-0.1, -0.05) is 23.7 Å². The summed E-state index contributed by atoms with van der Waals surface area (Å²) in [5.74, 6) is 1.00. The molecule has 0 aliphatic carbocycles. The fourth-order valence-electron chi connectivity index (χ4n) is 5.51. The summed E-state index contributed by atoms with van der Waals surface area (Å²) >= 11 is 6.06. The predicted molar refractivity (Wildman–Crippen MR) is 170 cm³/mol. The number of likely N-dealkylation sites (tertiary alicyclic amines) is 1. The Hall–Kier alpha value is -3.46. The maximum atomic E-state index is 13.6. The van der Waals surface area contributed by atoms with Crippen LogP contribution in [0.3, 0.4) is 0 Å². The Morgan fingerprint density at radius 1 is 0.977 bits per heavy atom. The molecule has 240 valence electrons. The van der Waals surface area contributed by atoms with Crippen LogP contribution >= 0.6 is 11.6 Å². The molecule has 2 aromatic carbocycles. The lowest BCUT2D eigenvalue weighted by molar-refractivity contribution is -0.0428. The Labute approximate surface area is 266 Å². The fraction of sp³-hybridized carbons (Fsp3) is 0.559. The molecule has 9 nitrogen and oxygen atoms in total. The van der Waals surface area contributed by atoms with E-state index in [2.05, 4.69) is 0 Å². The normalized spacial score (nSPS) is 15.7. The molecule has 2 aliphatic rings. The first-order chi connectivity index (χ1) is 20.6. The van der Waals surface area contributed by atoms with Gasteiger partial charge >= 0.3 is 12.2 Å². The summed E-state index contributed by atoms with van der Waals surface area (Å²) in [6.45, 7) is 15.3. The van der Waals surface area contributed by atoms with Crippen molar-refractivity contribution < 1.29 is 28.6 Å². The van der Waals surface area contributed by atoms with Crippen molar-refractivity contribution >= 4 is 29.7 Å². The number of nitrogens with zero attached hydrogens (tertiary/aromatic N) is 3. The molecule has 10 heteroatoms. The summed E-state index contributed by atoms with van der Waals surface area (Å²) in [7, 11) is 0. The van der Waals surface area contributed by atoms with Gasteiger partial charge < -0.3 is 19.1 Å². The Balaban J connectivity index is 1.34. The van der Waals surface area contributed by atoms with E-state index < -0.39 is 17.3 Å². The van der Waals surface area contributed by atoms with Gasteiger partial charge in [0.1, 0.15) is 17.0 Å². The average molecular weight is 628 g/mol. The number of rotatable bonds is 8. The van der Waals surface area contributed by atoms with Gasteiger partial charge in [0.05, 0.1) is 19.7 Å². The topological polar surface area (TPSA) is 88.6 Å². The molecule has 0 radical (unpaired) electrons. The van der Waals surface area contributed by atoms with E-state index in [9.17, 15) is 14.4 Å². The number of carbonyl (C=O) groups excluding carboxylic acids is 3. The van der Waals surface area contributed by atoms with Crippen LogP contribution in [-0.2, 0) is 22.6 Å². The second kappa shape index (κ2) is 13.7. The predicted octanol–water partition coefficient (Wildman–Crippen LogP) is 7.76. The third-order valence-corrected chi connectivity index (χ3v) is 7.84. The Bertz CT molecular complexity index is 1340. The second-order valence-electron chi connectivity index (χ2n) is 13.7. The molecule has 0 atom stereocenters. The minimum absolute atomic E-state index is 0.158. The van der Waals surface area contributed by atoms with E-state index in [1.165, 1.54) is 10.0 Å². The lowest BCUT2D eigenvalue weighted by Gasteiger charge is -2.33. The van der Waals surface area contributed by atoms with Crippen LogP contribution < -0.4 is 4.74 Å². The van der Waals surface area contributed by atoms with Gasteiger partial charge in [0.25, 0.3) is 5.91 Å². The first-order valence-corrected chi connectivity index (χ1v) is 15.8. The minimum atomic E-state index is -0.725. The van der Waals surface area contributed by atoms with Crippen molar-refractivity contribution in [2.45, 2.75) is 98.4 Å². The number of amides is 3. The highest BCUT2D eigenvalue weighted by Gasteiger charge is 2.38. The van der Waals surface area contributed by atoms with E-state index in [-0.39, 0.29) is 25.1 Å². The SMILES string of the molecule is Cc1cc(OCCCC2CCN(C(=O)OC(C)(C)C)CC2)cc2c1C(=O)N(N(Cc1ccc(Cl)cc1)C(=O)OC(C)(C)C)C2.